The van der Waals surface area contributed by atoms with E-state index >= 15 is 0 Å². The largest absolute Gasteiger partial charge is 0.389 e. The van der Waals surface area contributed by atoms with Crippen LogP contribution < -0.4 is 5.73 Å². The number of hydrogen-bond acceptors (Lipinski definition) is 2. The second-order valence-corrected chi connectivity index (χ2v) is 5.57. The van der Waals surface area contributed by atoms with Gasteiger partial charge in [-0.1, -0.05) is 11.6 Å². The number of rotatable bonds is 3. The Hall–Kier alpha value is 0.220. The van der Waals surface area contributed by atoms with Crippen LogP contribution in [0, 0.1) is 0 Å². The Balaban J connectivity index is 2.58. The number of hydrogen-bond donors (Lipinski definition) is 1. The van der Waals surface area contributed by atoms with Crippen LogP contribution in [0.5, 0.6) is 0 Å². The molecule has 1 heterocycles. The van der Waals surface area contributed by atoms with Crippen molar-refractivity contribution in [3.63, 3.8) is 0 Å². The van der Waals surface area contributed by atoms with Crippen LogP contribution in [0.25, 0.3) is 0 Å². The molecule has 86 valence electrons. The summed E-state index contributed by atoms with van der Waals surface area (Å²) < 4.78 is 37.0. The van der Waals surface area contributed by atoms with Gasteiger partial charge in [0.15, 0.2) is 0 Å². The van der Waals surface area contributed by atoms with E-state index in [0.29, 0.717) is 13.7 Å². The van der Waals surface area contributed by atoms with E-state index in [9.17, 15) is 13.2 Å². The Morgan fingerprint density at radius 2 is 2.13 bits per heavy atom. The maximum Gasteiger partial charge on any atom is 0.389 e. The summed E-state index contributed by atoms with van der Waals surface area (Å²) in [7, 11) is 0. The molecule has 0 spiro atoms. The van der Waals surface area contributed by atoms with Crippen molar-refractivity contribution in [2.45, 2.75) is 25.1 Å². The second kappa shape index (κ2) is 5.03. The van der Waals surface area contributed by atoms with Crippen LogP contribution in [0.3, 0.4) is 0 Å². The molecule has 0 aliphatic carbocycles. The minimum Gasteiger partial charge on any atom is -0.323 e. The van der Waals surface area contributed by atoms with E-state index in [0.717, 1.165) is 0 Å². The molecule has 1 atom stereocenters. The topological polar surface area (TPSA) is 26.0 Å². The van der Waals surface area contributed by atoms with Crippen LogP contribution in [0.4, 0.5) is 13.2 Å². The fourth-order valence-corrected chi connectivity index (χ4v) is 2.78. The first kappa shape index (κ1) is 13.3. The highest BCUT2D eigenvalue weighted by Crippen LogP contribution is 2.36. The molecule has 15 heavy (non-hydrogen) atoms. The van der Waals surface area contributed by atoms with E-state index in [1.54, 1.807) is 6.07 Å². The van der Waals surface area contributed by atoms with Gasteiger partial charge < -0.3 is 5.73 Å². The van der Waals surface area contributed by atoms with Crippen molar-refractivity contribution in [1.82, 2.24) is 0 Å². The van der Waals surface area contributed by atoms with Gasteiger partial charge in [0.05, 0.1) is 0 Å². The molecule has 0 amide bonds. The molecule has 0 bridgehead atoms. The highest BCUT2D eigenvalue weighted by Gasteiger charge is 2.28. The molecular formula is C8H8BrClF3NS. The molecule has 1 nitrogen and oxygen atoms in total. The highest BCUT2D eigenvalue weighted by molar-refractivity contribution is 9.10. The Bertz CT molecular complexity index is 320. The Morgan fingerprint density at radius 3 is 2.53 bits per heavy atom. The lowest BCUT2D eigenvalue weighted by atomic mass is 10.1. The fraction of sp³-hybridized carbons (Fsp3) is 0.500. The van der Waals surface area contributed by atoms with Gasteiger partial charge in [-0.3, -0.25) is 0 Å². The van der Waals surface area contributed by atoms with Crippen LogP contribution in [-0.2, 0) is 0 Å². The number of halogens is 5. The molecule has 1 aromatic heterocycles. The number of thiophene rings is 1. The van der Waals surface area contributed by atoms with Crippen molar-refractivity contribution >= 4 is 38.9 Å². The van der Waals surface area contributed by atoms with Gasteiger partial charge in [0, 0.05) is 21.8 Å². The molecule has 1 unspecified atom stereocenters. The van der Waals surface area contributed by atoms with Gasteiger partial charge in [0.1, 0.15) is 4.34 Å². The third kappa shape index (κ3) is 4.30. The van der Waals surface area contributed by atoms with E-state index in [4.69, 9.17) is 17.3 Å². The van der Waals surface area contributed by atoms with Gasteiger partial charge >= 0.3 is 6.18 Å². The molecule has 0 saturated carbocycles. The fourth-order valence-electron chi connectivity index (χ4n) is 1.01. The van der Waals surface area contributed by atoms with Gasteiger partial charge in [0.2, 0.25) is 0 Å². The summed E-state index contributed by atoms with van der Waals surface area (Å²) in [5, 5.41) is 0. The van der Waals surface area contributed by atoms with Crippen LogP contribution in [0.15, 0.2) is 10.5 Å². The van der Waals surface area contributed by atoms with E-state index in [2.05, 4.69) is 15.9 Å². The van der Waals surface area contributed by atoms with Crippen molar-refractivity contribution in [3.8, 4) is 0 Å². The first-order valence-electron chi connectivity index (χ1n) is 4.06. The van der Waals surface area contributed by atoms with Gasteiger partial charge in [-0.15, -0.1) is 11.3 Å². The molecule has 0 radical (unpaired) electrons. The molecule has 2 N–H and O–H groups in total. The first-order chi connectivity index (χ1) is 6.79. The summed E-state index contributed by atoms with van der Waals surface area (Å²) in [5.74, 6) is 0. The van der Waals surface area contributed by atoms with Gasteiger partial charge in [-0.25, -0.2) is 0 Å². The highest BCUT2D eigenvalue weighted by atomic mass is 79.9. The minimum atomic E-state index is -4.16. The average Bonchev–Trinajstić information content (AvgIpc) is 2.42. The van der Waals surface area contributed by atoms with Crippen LogP contribution in [0.2, 0.25) is 4.34 Å². The van der Waals surface area contributed by atoms with Crippen molar-refractivity contribution in [2.24, 2.45) is 5.73 Å². The summed E-state index contributed by atoms with van der Waals surface area (Å²) in [6, 6.07) is 1.05. The SMILES string of the molecule is NC(CCC(F)(F)F)c1cc(Br)c(Cl)s1. The first-order valence-corrected chi connectivity index (χ1v) is 6.05. The molecule has 0 aliphatic heterocycles. The summed E-state index contributed by atoms with van der Waals surface area (Å²) in [5.41, 5.74) is 5.62. The molecule has 7 heteroatoms. The standard InChI is InChI=1S/C8H8BrClF3NS/c9-4-3-6(15-7(4)10)5(14)1-2-8(11,12)13/h3,5H,1-2,14H2. The normalized spacial score (nSPS) is 14.3. The summed E-state index contributed by atoms with van der Waals surface area (Å²) >= 11 is 10.1. The molecule has 0 aliphatic rings. The maximum atomic E-state index is 11.9. The van der Waals surface area contributed by atoms with Gasteiger partial charge in [-0.05, 0) is 28.4 Å². The van der Waals surface area contributed by atoms with Crippen LogP contribution in [-0.4, -0.2) is 6.18 Å². The minimum absolute atomic E-state index is 0.118. The second-order valence-electron chi connectivity index (χ2n) is 3.03. The molecular weight excluding hydrogens is 315 g/mol. The summed E-state index contributed by atoms with van der Waals surface area (Å²) in [6.45, 7) is 0. The van der Waals surface area contributed by atoms with Crippen molar-refractivity contribution in [1.29, 1.82) is 0 Å². The van der Waals surface area contributed by atoms with Crippen LogP contribution in [0.1, 0.15) is 23.8 Å². The van der Waals surface area contributed by atoms with Gasteiger partial charge in [-0.2, -0.15) is 13.2 Å². The van der Waals surface area contributed by atoms with E-state index in [-0.39, 0.29) is 6.42 Å². The lowest BCUT2D eigenvalue weighted by Crippen LogP contribution is -2.14. The summed E-state index contributed by atoms with van der Waals surface area (Å²) in [6.07, 6.45) is -5.15. The lowest BCUT2D eigenvalue weighted by molar-refractivity contribution is -0.136. The van der Waals surface area contributed by atoms with Crippen molar-refractivity contribution in [3.05, 3.63) is 19.8 Å². The molecule has 0 fully saturated rings. The average molecular weight is 323 g/mol. The zero-order valence-electron chi connectivity index (χ0n) is 7.44. The number of nitrogens with two attached hydrogens (primary N) is 1. The van der Waals surface area contributed by atoms with Crippen molar-refractivity contribution < 1.29 is 13.2 Å². The lowest BCUT2D eigenvalue weighted by Gasteiger charge is -2.11. The zero-order chi connectivity index (χ0) is 11.6. The molecule has 1 rings (SSSR count). The Labute approximate surface area is 103 Å². The molecule has 0 aromatic carbocycles. The maximum absolute atomic E-state index is 11.9. The van der Waals surface area contributed by atoms with Crippen LogP contribution >= 0.6 is 38.9 Å². The van der Waals surface area contributed by atoms with E-state index in [1.165, 1.54) is 11.3 Å². The predicted octanol–water partition coefficient (Wildman–Crippen LogP) is 4.51. The Kier molecular flexibility index (Phi) is 4.46. The molecule has 1 aromatic rings. The Morgan fingerprint density at radius 1 is 1.53 bits per heavy atom. The number of alkyl halides is 3. The van der Waals surface area contributed by atoms with E-state index < -0.39 is 18.6 Å². The third-order valence-corrected chi connectivity index (χ3v) is 4.38. The quantitative estimate of drug-likeness (QED) is 0.871. The summed E-state index contributed by atoms with van der Waals surface area (Å²) in [4.78, 5) is 0.663. The smallest absolute Gasteiger partial charge is 0.323 e. The molecule has 0 saturated heterocycles. The third-order valence-electron chi connectivity index (χ3n) is 1.77. The van der Waals surface area contributed by atoms with Gasteiger partial charge in [0.25, 0.3) is 0 Å². The van der Waals surface area contributed by atoms with E-state index in [1.807, 2.05) is 0 Å². The van der Waals surface area contributed by atoms with Crippen molar-refractivity contribution in [2.75, 3.05) is 0 Å². The predicted molar refractivity (Wildman–Crippen MR) is 59.2 cm³/mol. The monoisotopic (exact) mass is 321 g/mol. The zero-order valence-corrected chi connectivity index (χ0v) is 10.6.